The number of nitrogens with one attached hydrogen (secondary N) is 1. The van der Waals surface area contributed by atoms with Crippen LogP contribution in [0.3, 0.4) is 0 Å². The zero-order valence-corrected chi connectivity index (χ0v) is 12.0. The van der Waals surface area contributed by atoms with Crippen molar-refractivity contribution in [2.45, 2.75) is 44.8 Å². The highest BCUT2D eigenvalue weighted by Gasteiger charge is 2.20. The van der Waals surface area contributed by atoms with Crippen LogP contribution in [0.2, 0.25) is 0 Å². The summed E-state index contributed by atoms with van der Waals surface area (Å²) >= 11 is 0. The Morgan fingerprint density at radius 1 is 1.32 bits per heavy atom. The van der Waals surface area contributed by atoms with Gasteiger partial charge in [-0.2, -0.15) is 0 Å². The third kappa shape index (κ3) is 8.55. The van der Waals surface area contributed by atoms with Crippen molar-refractivity contribution in [3.8, 4) is 0 Å². The third-order valence-corrected chi connectivity index (χ3v) is 3.45. The third-order valence-electron chi connectivity index (χ3n) is 3.45. The van der Waals surface area contributed by atoms with E-state index in [1.807, 2.05) is 0 Å². The van der Waals surface area contributed by atoms with Crippen LogP contribution in [0.25, 0.3) is 0 Å². The first-order valence-corrected chi connectivity index (χ1v) is 7.41. The molecule has 0 spiro atoms. The SMILES string of the molecule is C[C@H]1CCC[C@@H](OC[C@@H](O)CNCCOCCO)C1. The van der Waals surface area contributed by atoms with Gasteiger partial charge in [-0.15, -0.1) is 0 Å². The molecular formula is C14H29NO4. The summed E-state index contributed by atoms with van der Waals surface area (Å²) in [6.45, 7) is 4.84. The lowest BCUT2D eigenvalue weighted by Gasteiger charge is -2.27. The minimum Gasteiger partial charge on any atom is -0.394 e. The van der Waals surface area contributed by atoms with Gasteiger partial charge >= 0.3 is 0 Å². The molecule has 0 radical (unpaired) electrons. The molecule has 0 aromatic carbocycles. The van der Waals surface area contributed by atoms with Crippen molar-refractivity contribution >= 4 is 0 Å². The molecule has 0 aromatic heterocycles. The van der Waals surface area contributed by atoms with Crippen molar-refractivity contribution in [1.29, 1.82) is 0 Å². The molecule has 0 bridgehead atoms. The van der Waals surface area contributed by atoms with Crippen molar-refractivity contribution in [3.05, 3.63) is 0 Å². The second-order valence-electron chi connectivity index (χ2n) is 5.42. The largest absolute Gasteiger partial charge is 0.394 e. The van der Waals surface area contributed by atoms with Gasteiger partial charge in [0.2, 0.25) is 0 Å². The molecule has 19 heavy (non-hydrogen) atoms. The fraction of sp³-hybridized carbons (Fsp3) is 1.00. The second kappa shape index (κ2) is 10.6. The first kappa shape index (κ1) is 16.9. The molecule has 5 nitrogen and oxygen atoms in total. The van der Waals surface area contributed by atoms with E-state index >= 15 is 0 Å². The maximum Gasteiger partial charge on any atom is 0.0897 e. The molecule has 1 aliphatic rings. The lowest BCUT2D eigenvalue weighted by molar-refractivity contribution is -0.0309. The van der Waals surface area contributed by atoms with Crippen LogP contribution in [0.4, 0.5) is 0 Å². The average Bonchev–Trinajstić information content (AvgIpc) is 2.40. The van der Waals surface area contributed by atoms with E-state index in [9.17, 15) is 5.11 Å². The quantitative estimate of drug-likeness (QED) is 0.508. The number of hydrogen-bond acceptors (Lipinski definition) is 5. The Kier molecular flexibility index (Phi) is 9.38. The van der Waals surface area contributed by atoms with Gasteiger partial charge in [-0.1, -0.05) is 19.8 Å². The van der Waals surface area contributed by atoms with Gasteiger partial charge in [0.15, 0.2) is 0 Å². The second-order valence-corrected chi connectivity index (χ2v) is 5.42. The van der Waals surface area contributed by atoms with Gasteiger partial charge in [-0.3, -0.25) is 0 Å². The monoisotopic (exact) mass is 275 g/mol. The lowest BCUT2D eigenvalue weighted by atomic mass is 9.89. The molecule has 1 rings (SSSR count). The summed E-state index contributed by atoms with van der Waals surface area (Å²) in [7, 11) is 0. The molecule has 0 aliphatic heterocycles. The van der Waals surface area contributed by atoms with Crippen molar-refractivity contribution in [1.82, 2.24) is 5.32 Å². The molecule has 1 saturated carbocycles. The lowest BCUT2D eigenvalue weighted by Crippen LogP contribution is -2.34. The van der Waals surface area contributed by atoms with Crippen LogP contribution in [-0.4, -0.2) is 61.9 Å². The Bertz CT molecular complexity index is 216. The fourth-order valence-corrected chi connectivity index (χ4v) is 2.42. The van der Waals surface area contributed by atoms with Crippen LogP contribution in [0.5, 0.6) is 0 Å². The molecule has 0 heterocycles. The van der Waals surface area contributed by atoms with E-state index in [2.05, 4.69) is 12.2 Å². The van der Waals surface area contributed by atoms with E-state index in [4.69, 9.17) is 14.6 Å². The molecular weight excluding hydrogens is 246 g/mol. The molecule has 3 N–H and O–H groups in total. The molecule has 114 valence electrons. The Balaban J connectivity index is 1.94. The summed E-state index contributed by atoms with van der Waals surface area (Å²) in [6, 6.07) is 0. The molecule has 0 unspecified atom stereocenters. The summed E-state index contributed by atoms with van der Waals surface area (Å²) in [4.78, 5) is 0. The molecule has 1 fully saturated rings. The first-order chi connectivity index (χ1) is 9.22. The normalized spacial score (nSPS) is 25.4. The number of rotatable bonds is 10. The van der Waals surface area contributed by atoms with E-state index in [0.717, 1.165) is 18.8 Å². The maximum atomic E-state index is 9.78. The number of aliphatic hydroxyl groups is 2. The predicted molar refractivity (Wildman–Crippen MR) is 74.2 cm³/mol. The van der Waals surface area contributed by atoms with E-state index < -0.39 is 6.10 Å². The number of aliphatic hydroxyl groups excluding tert-OH is 2. The van der Waals surface area contributed by atoms with Gasteiger partial charge in [0, 0.05) is 13.1 Å². The standard InChI is InChI=1S/C14H29NO4/c1-12-3-2-4-14(9-12)19-11-13(17)10-15-5-7-18-8-6-16/h12-17H,2-11H2,1H3/t12-,13-,14+/m0/s1. The van der Waals surface area contributed by atoms with Crippen LogP contribution in [-0.2, 0) is 9.47 Å². The highest BCUT2D eigenvalue weighted by atomic mass is 16.5. The summed E-state index contributed by atoms with van der Waals surface area (Å²) < 4.78 is 10.9. The minimum atomic E-state index is -0.463. The molecule has 1 aliphatic carbocycles. The highest BCUT2D eigenvalue weighted by molar-refractivity contribution is 4.71. The van der Waals surface area contributed by atoms with Gasteiger partial charge in [-0.05, 0) is 18.8 Å². The van der Waals surface area contributed by atoms with Gasteiger partial charge in [0.25, 0.3) is 0 Å². The van der Waals surface area contributed by atoms with Gasteiger partial charge in [0.05, 0.1) is 38.6 Å². The Hall–Kier alpha value is -0.200. The van der Waals surface area contributed by atoms with Crippen molar-refractivity contribution in [2.24, 2.45) is 5.92 Å². The molecule has 0 amide bonds. The average molecular weight is 275 g/mol. The Morgan fingerprint density at radius 3 is 2.89 bits per heavy atom. The van der Waals surface area contributed by atoms with Crippen molar-refractivity contribution < 1.29 is 19.7 Å². The molecule has 3 atom stereocenters. The van der Waals surface area contributed by atoms with Crippen LogP contribution >= 0.6 is 0 Å². The van der Waals surface area contributed by atoms with E-state index in [1.165, 1.54) is 12.8 Å². The topological polar surface area (TPSA) is 71.0 Å². The molecule has 5 heteroatoms. The highest BCUT2D eigenvalue weighted by Crippen LogP contribution is 2.25. The smallest absolute Gasteiger partial charge is 0.0897 e. The first-order valence-electron chi connectivity index (χ1n) is 7.41. The number of ether oxygens (including phenoxy) is 2. The van der Waals surface area contributed by atoms with Crippen molar-refractivity contribution in [2.75, 3.05) is 39.5 Å². The summed E-state index contributed by atoms with van der Waals surface area (Å²) in [5.41, 5.74) is 0. The number of hydrogen-bond donors (Lipinski definition) is 3. The minimum absolute atomic E-state index is 0.0519. The van der Waals surface area contributed by atoms with E-state index in [-0.39, 0.29) is 6.61 Å². The van der Waals surface area contributed by atoms with E-state index in [0.29, 0.717) is 39.0 Å². The summed E-state index contributed by atoms with van der Waals surface area (Å²) in [6.07, 6.45) is 4.65. The maximum absolute atomic E-state index is 9.78. The van der Waals surface area contributed by atoms with Crippen LogP contribution in [0, 0.1) is 5.92 Å². The van der Waals surface area contributed by atoms with Crippen LogP contribution < -0.4 is 5.32 Å². The molecule has 0 saturated heterocycles. The Labute approximate surface area is 116 Å². The van der Waals surface area contributed by atoms with Gasteiger partial charge in [-0.25, -0.2) is 0 Å². The van der Waals surface area contributed by atoms with Crippen molar-refractivity contribution in [3.63, 3.8) is 0 Å². The Morgan fingerprint density at radius 2 is 2.16 bits per heavy atom. The van der Waals surface area contributed by atoms with Gasteiger partial charge in [0.1, 0.15) is 0 Å². The summed E-state index contributed by atoms with van der Waals surface area (Å²) in [5, 5.41) is 21.4. The summed E-state index contributed by atoms with van der Waals surface area (Å²) in [5.74, 6) is 0.748. The van der Waals surface area contributed by atoms with Crippen LogP contribution in [0.1, 0.15) is 32.6 Å². The zero-order chi connectivity index (χ0) is 13.9. The van der Waals surface area contributed by atoms with E-state index in [1.54, 1.807) is 0 Å². The zero-order valence-electron chi connectivity index (χ0n) is 12.0. The fourth-order valence-electron chi connectivity index (χ4n) is 2.42. The van der Waals surface area contributed by atoms with Gasteiger partial charge < -0.3 is 25.0 Å². The predicted octanol–water partition coefficient (Wildman–Crippen LogP) is 0.541. The van der Waals surface area contributed by atoms with Crippen LogP contribution in [0.15, 0.2) is 0 Å². The molecule has 0 aromatic rings.